The van der Waals surface area contributed by atoms with E-state index in [9.17, 15) is 22.4 Å². The van der Waals surface area contributed by atoms with Gasteiger partial charge in [-0.15, -0.1) is 0 Å². The first-order chi connectivity index (χ1) is 12.9. The second-order valence-electron chi connectivity index (χ2n) is 8.66. The van der Waals surface area contributed by atoms with E-state index in [2.05, 4.69) is 4.98 Å². The Bertz CT molecular complexity index is 738. The Kier molecular flexibility index (Phi) is 5.22. The molecule has 28 heavy (non-hydrogen) atoms. The Balaban J connectivity index is 1.66. The third-order valence-electron chi connectivity index (χ3n) is 5.38. The molecule has 9 heteroatoms. The van der Waals surface area contributed by atoms with E-state index < -0.39 is 23.3 Å². The number of carbonyl (C=O) groups excluding carboxylic acids is 1. The predicted molar refractivity (Wildman–Crippen MR) is 95.5 cm³/mol. The minimum absolute atomic E-state index is 0.0613. The average Bonchev–Trinajstić information content (AvgIpc) is 2.96. The van der Waals surface area contributed by atoms with Gasteiger partial charge < -0.3 is 14.5 Å². The predicted octanol–water partition coefficient (Wildman–Crippen LogP) is 4.47. The summed E-state index contributed by atoms with van der Waals surface area (Å²) in [6, 6.07) is 0.782. The molecule has 1 aromatic heterocycles. The lowest BCUT2D eigenvalue weighted by Crippen LogP contribution is -2.46. The first-order valence-corrected chi connectivity index (χ1v) is 9.34. The maximum Gasteiger partial charge on any atom is 0.433 e. The lowest BCUT2D eigenvalue weighted by molar-refractivity contribution is -0.141. The summed E-state index contributed by atoms with van der Waals surface area (Å²) in [6.45, 7) is 7.42. The van der Waals surface area contributed by atoms with Gasteiger partial charge in [0.15, 0.2) is 5.82 Å². The summed E-state index contributed by atoms with van der Waals surface area (Å²) >= 11 is 0. The fourth-order valence-corrected chi connectivity index (χ4v) is 3.86. The third kappa shape index (κ3) is 4.50. The summed E-state index contributed by atoms with van der Waals surface area (Å²) in [4.78, 5) is 18.7. The fraction of sp³-hybridized carbons (Fsp3) is 0.684. The number of ether oxygens (including phenoxy) is 1. The molecule has 2 aliphatic heterocycles. The summed E-state index contributed by atoms with van der Waals surface area (Å²) in [5.41, 5.74) is -1.85. The molecule has 2 fully saturated rings. The number of aromatic nitrogens is 1. The summed E-state index contributed by atoms with van der Waals surface area (Å²) in [5, 5.41) is 0. The van der Waals surface area contributed by atoms with Gasteiger partial charge in [-0.2, -0.15) is 13.2 Å². The second-order valence-corrected chi connectivity index (χ2v) is 8.66. The van der Waals surface area contributed by atoms with Crippen molar-refractivity contribution in [3.8, 4) is 0 Å². The van der Waals surface area contributed by atoms with Gasteiger partial charge in [0, 0.05) is 26.2 Å². The first-order valence-electron chi connectivity index (χ1n) is 9.34. The Labute approximate surface area is 161 Å². The van der Waals surface area contributed by atoms with Crippen molar-refractivity contribution in [1.29, 1.82) is 0 Å². The van der Waals surface area contributed by atoms with Crippen LogP contribution in [0.2, 0.25) is 0 Å². The van der Waals surface area contributed by atoms with E-state index >= 15 is 0 Å². The topological polar surface area (TPSA) is 45.7 Å². The third-order valence-corrected chi connectivity index (χ3v) is 5.38. The van der Waals surface area contributed by atoms with Crippen LogP contribution in [0.4, 0.5) is 28.0 Å². The quantitative estimate of drug-likeness (QED) is 0.650. The molecular formula is C19H25F4N3O2. The summed E-state index contributed by atoms with van der Waals surface area (Å²) in [7, 11) is 0. The molecule has 1 amide bonds. The van der Waals surface area contributed by atoms with Gasteiger partial charge in [-0.1, -0.05) is 0 Å². The molecule has 3 rings (SSSR count). The minimum Gasteiger partial charge on any atom is -0.444 e. The maximum atomic E-state index is 14.1. The number of nitrogens with zero attached hydrogens (tertiary/aromatic N) is 3. The van der Waals surface area contributed by atoms with E-state index in [1.165, 1.54) is 0 Å². The molecule has 0 N–H and O–H groups in total. The Hall–Kier alpha value is -2.06. The Morgan fingerprint density at radius 3 is 2.32 bits per heavy atom. The molecule has 1 spiro atoms. The van der Waals surface area contributed by atoms with Crippen molar-refractivity contribution in [1.82, 2.24) is 9.88 Å². The van der Waals surface area contributed by atoms with Crippen LogP contribution in [-0.2, 0) is 10.9 Å². The van der Waals surface area contributed by atoms with E-state index in [1.54, 1.807) is 9.80 Å². The molecule has 156 valence electrons. The van der Waals surface area contributed by atoms with Gasteiger partial charge in [0.05, 0.1) is 11.9 Å². The number of alkyl halides is 3. The molecule has 0 radical (unpaired) electrons. The highest BCUT2D eigenvalue weighted by molar-refractivity contribution is 5.68. The van der Waals surface area contributed by atoms with Crippen LogP contribution in [0.3, 0.4) is 0 Å². The number of pyridine rings is 1. The molecule has 1 aromatic rings. The molecule has 0 saturated carbocycles. The summed E-state index contributed by atoms with van der Waals surface area (Å²) in [6.07, 6.45) is -2.17. The van der Waals surface area contributed by atoms with Crippen LogP contribution in [0.25, 0.3) is 0 Å². The van der Waals surface area contributed by atoms with E-state index in [0.29, 0.717) is 45.2 Å². The smallest absolute Gasteiger partial charge is 0.433 e. The SMILES string of the molecule is CC(C)(C)OC(=O)N1CCC2(CC1)CCN(c1cc(C(F)(F)F)ncc1F)C2. The van der Waals surface area contributed by atoms with Crippen LogP contribution in [-0.4, -0.2) is 47.8 Å². The van der Waals surface area contributed by atoms with Crippen LogP contribution in [0.15, 0.2) is 12.3 Å². The first kappa shape index (κ1) is 20.7. The van der Waals surface area contributed by atoms with Crippen molar-refractivity contribution in [2.75, 3.05) is 31.1 Å². The van der Waals surface area contributed by atoms with E-state index in [0.717, 1.165) is 12.5 Å². The van der Waals surface area contributed by atoms with Crippen molar-refractivity contribution in [3.05, 3.63) is 23.8 Å². The summed E-state index contributed by atoms with van der Waals surface area (Å²) in [5.74, 6) is -0.753. The van der Waals surface area contributed by atoms with Gasteiger partial charge in [0.25, 0.3) is 0 Å². The number of hydrogen-bond donors (Lipinski definition) is 0. The molecule has 0 atom stereocenters. The van der Waals surface area contributed by atoms with Crippen molar-refractivity contribution >= 4 is 11.8 Å². The van der Waals surface area contributed by atoms with Crippen molar-refractivity contribution < 1.29 is 27.1 Å². The number of carbonyl (C=O) groups is 1. The van der Waals surface area contributed by atoms with Crippen LogP contribution in [0, 0.1) is 11.2 Å². The lowest BCUT2D eigenvalue weighted by atomic mass is 9.78. The largest absolute Gasteiger partial charge is 0.444 e. The number of likely N-dealkylation sites (tertiary alicyclic amines) is 1. The van der Waals surface area contributed by atoms with E-state index in [-0.39, 0.29) is 17.2 Å². The highest BCUT2D eigenvalue weighted by Crippen LogP contribution is 2.43. The number of hydrogen-bond acceptors (Lipinski definition) is 4. The van der Waals surface area contributed by atoms with Crippen molar-refractivity contribution in [2.45, 2.75) is 51.8 Å². The zero-order chi connectivity index (χ0) is 20.7. The molecular weight excluding hydrogens is 378 g/mol. The summed E-state index contributed by atoms with van der Waals surface area (Å²) < 4.78 is 58.3. The van der Waals surface area contributed by atoms with Gasteiger partial charge in [-0.05, 0) is 51.5 Å². The van der Waals surface area contributed by atoms with E-state index in [4.69, 9.17) is 4.74 Å². The second kappa shape index (κ2) is 7.08. The van der Waals surface area contributed by atoms with Gasteiger partial charge in [0.2, 0.25) is 0 Å². The van der Waals surface area contributed by atoms with Crippen LogP contribution < -0.4 is 4.90 Å². The minimum atomic E-state index is -4.61. The van der Waals surface area contributed by atoms with Crippen molar-refractivity contribution in [3.63, 3.8) is 0 Å². The fourth-order valence-electron chi connectivity index (χ4n) is 3.86. The Morgan fingerprint density at radius 1 is 1.14 bits per heavy atom. The van der Waals surface area contributed by atoms with Gasteiger partial charge >= 0.3 is 12.3 Å². The Morgan fingerprint density at radius 2 is 1.75 bits per heavy atom. The highest BCUT2D eigenvalue weighted by atomic mass is 19.4. The highest BCUT2D eigenvalue weighted by Gasteiger charge is 2.43. The number of anilines is 1. The lowest BCUT2D eigenvalue weighted by Gasteiger charge is -2.39. The monoisotopic (exact) mass is 403 g/mol. The molecule has 2 aliphatic rings. The maximum absolute atomic E-state index is 14.1. The van der Waals surface area contributed by atoms with Crippen LogP contribution in [0.5, 0.6) is 0 Å². The molecule has 0 aliphatic carbocycles. The van der Waals surface area contributed by atoms with Gasteiger partial charge in [-0.3, -0.25) is 0 Å². The molecule has 3 heterocycles. The number of halogens is 4. The molecule has 0 unspecified atom stereocenters. The number of piperidine rings is 1. The van der Waals surface area contributed by atoms with Gasteiger partial charge in [-0.25, -0.2) is 14.2 Å². The van der Waals surface area contributed by atoms with Crippen LogP contribution in [0.1, 0.15) is 45.7 Å². The molecule has 0 bridgehead atoms. The molecule has 5 nitrogen and oxygen atoms in total. The van der Waals surface area contributed by atoms with Crippen LogP contribution >= 0.6 is 0 Å². The van der Waals surface area contributed by atoms with E-state index in [1.807, 2.05) is 20.8 Å². The zero-order valence-electron chi connectivity index (χ0n) is 16.3. The number of rotatable bonds is 1. The number of amides is 1. The standard InChI is InChI=1S/C19H25F4N3O2/c1-17(2,3)28-16(27)25-7-4-18(5-8-25)6-9-26(12-18)14-10-15(19(21,22)23)24-11-13(14)20/h10-11H,4-9,12H2,1-3H3. The molecule has 2 saturated heterocycles. The molecule has 0 aromatic carbocycles. The van der Waals surface area contributed by atoms with Gasteiger partial charge in [0.1, 0.15) is 11.3 Å². The van der Waals surface area contributed by atoms with Crippen molar-refractivity contribution in [2.24, 2.45) is 5.41 Å². The average molecular weight is 403 g/mol. The normalized spacial score (nSPS) is 20.0. The zero-order valence-corrected chi connectivity index (χ0v) is 16.3.